The highest BCUT2D eigenvalue weighted by molar-refractivity contribution is 5.81. The van der Waals surface area contributed by atoms with Crippen molar-refractivity contribution in [2.75, 3.05) is 25.0 Å². The third-order valence-corrected chi connectivity index (χ3v) is 5.69. The number of ether oxygens (including phenoxy) is 1. The number of pyridine rings is 1. The summed E-state index contributed by atoms with van der Waals surface area (Å²) < 4.78 is 42.3. The first kappa shape index (κ1) is 21.3. The van der Waals surface area contributed by atoms with Crippen molar-refractivity contribution in [3.8, 4) is 5.75 Å². The average molecular weight is 433 g/mol. The molecule has 2 N–H and O–H groups in total. The van der Waals surface area contributed by atoms with E-state index in [9.17, 15) is 13.2 Å². The molecule has 1 aliphatic heterocycles. The van der Waals surface area contributed by atoms with Crippen molar-refractivity contribution in [2.45, 2.75) is 43.6 Å². The molecule has 2 fully saturated rings. The molecular weight excluding hydrogens is 407 g/mol. The van der Waals surface area contributed by atoms with E-state index in [0.717, 1.165) is 38.2 Å². The summed E-state index contributed by atoms with van der Waals surface area (Å²) in [5.41, 5.74) is 0.566. The van der Waals surface area contributed by atoms with Crippen molar-refractivity contribution in [3.05, 3.63) is 54.2 Å². The molecule has 166 valence electrons. The number of anilines is 1. The van der Waals surface area contributed by atoms with Gasteiger partial charge in [0.2, 0.25) is 0 Å². The minimum absolute atomic E-state index is 0.0257. The Morgan fingerprint density at radius 3 is 2.52 bits per heavy atom. The SMILES string of the molecule is CN=C(NC1CCN(c2ccccn2)CC1)NC1CC1c1ccccc1OC(F)(F)F. The van der Waals surface area contributed by atoms with Crippen molar-refractivity contribution >= 4 is 11.8 Å². The van der Waals surface area contributed by atoms with Gasteiger partial charge < -0.3 is 20.3 Å². The average Bonchev–Trinajstić information content (AvgIpc) is 3.52. The van der Waals surface area contributed by atoms with Gasteiger partial charge >= 0.3 is 6.36 Å². The summed E-state index contributed by atoms with van der Waals surface area (Å²) in [6.07, 6.45) is -0.261. The number of para-hydroxylation sites is 1. The molecule has 4 rings (SSSR count). The molecule has 31 heavy (non-hydrogen) atoms. The van der Waals surface area contributed by atoms with E-state index >= 15 is 0 Å². The van der Waals surface area contributed by atoms with Gasteiger partial charge in [-0.05, 0) is 43.0 Å². The minimum Gasteiger partial charge on any atom is -0.405 e. The monoisotopic (exact) mass is 433 g/mol. The van der Waals surface area contributed by atoms with Crippen molar-refractivity contribution in [1.82, 2.24) is 15.6 Å². The number of hydrogen-bond donors (Lipinski definition) is 2. The molecule has 2 aromatic rings. The molecule has 0 spiro atoms. The molecule has 2 atom stereocenters. The van der Waals surface area contributed by atoms with Crippen LogP contribution < -0.4 is 20.3 Å². The van der Waals surface area contributed by atoms with Gasteiger partial charge in [-0.15, -0.1) is 13.2 Å². The summed E-state index contributed by atoms with van der Waals surface area (Å²) in [6.45, 7) is 1.81. The highest BCUT2D eigenvalue weighted by atomic mass is 19.4. The number of alkyl halides is 3. The normalized spacial score (nSPS) is 22.2. The fourth-order valence-electron chi connectivity index (χ4n) is 4.04. The van der Waals surface area contributed by atoms with Crippen molar-refractivity contribution in [2.24, 2.45) is 4.99 Å². The van der Waals surface area contributed by atoms with Gasteiger partial charge in [0.15, 0.2) is 5.96 Å². The number of rotatable bonds is 5. The van der Waals surface area contributed by atoms with Crippen molar-refractivity contribution < 1.29 is 17.9 Å². The lowest BCUT2D eigenvalue weighted by Gasteiger charge is -2.33. The molecule has 1 saturated heterocycles. The Labute approximate surface area is 179 Å². The molecule has 1 aromatic heterocycles. The summed E-state index contributed by atoms with van der Waals surface area (Å²) in [6, 6.07) is 12.6. The minimum atomic E-state index is -4.70. The van der Waals surface area contributed by atoms with E-state index in [0.29, 0.717) is 11.5 Å². The molecule has 0 radical (unpaired) electrons. The zero-order valence-electron chi connectivity index (χ0n) is 17.3. The number of halogens is 3. The molecule has 1 aliphatic carbocycles. The lowest BCUT2D eigenvalue weighted by molar-refractivity contribution is -0.274. The maximum atomic E-state index is 12.7. The number of aromatic nitrogens is 1. The fourth-order valence-corrected chi connectivity index (χ4v) is 4.04. The van der Waals surface area contributed by atoms with Gasteiger partial charge in [0.25, 0.3) is 0 Å². The van der Waals surface area contributed by atoms with Crippen LogP contribution in [0.3, 0.4) is 0 Å². The van der Waals surface area contributed by atoms with Gasteiger partial charge in [0.1, 0.15) is 11.6 Å². The van der Waals surface area contributed by atoms with Crippen LogP contribution in [0.5, 0.6) is 5.75 Å². The van der Waals surface area contributed by atoms with Gasteiger partial charge in [0.05, 0.1) is 0 Å². The van der Waals surface area contributed by atoms with Crippen LogP contribution in [0.25, 0.3) is 0 Å². The summed E-state index contributed by atoms with van der Waals surface area (Å²) in [4.78, 5) is 11.0. The van der Waals surface area contributed by atoms with Crippen molar-refractivity contribution in [3.63, 3.8) is 0 Å². The van der Waals surface area contributed by atoms with E-state index in [4.69, 9.17) is 0 Å². The zero-order chi connectivity index (χ0) is 21.8. The van der Waals surface area contributed by atoms with Crippen LogP contribution in [0, 0.1) is 0 Å². The second-order valence-corrected chi connectivity index (χ2v) is 7.84. The third-order valence-electron chi connectivity index (χ3n) is 5.69. The Kier molecular flexibility index (Phi) is 6.20. The van der Waals surface area contributed by atoms with Crippen LogP contribution in [0.4, 0.5) is 19.0 Å². The third kappa shape index (κ3) is 5.59. The second-order valence-electron chi connectivity index (χ2n) is 7.84. The molecule has 1 aromatic carbocycles. The molecule has 1 saturated carbocycles. The van der Waals surface area contributed by atoms with E-state index in [1.807, 2.05) is 18.2 Å². The fraction of sp³-hybridized carbons (Fsp3) is 0.455. The molecule has 0 amide bonds. The first-order chi connectivity index (χ1) is 14.9. The Morgan fingerprint density at radius 2 is 1.84 bits per heavy atom. The van der Waals surface area contributed by atoms with Gasteiger partial charge in [-0.25, -0.2) is 4.98 Å². The van der Waals surface area contributed by atoms with E-state index in [1.54, 1.807) is 31.4 Å². The predicted octanol–water partition coefficient (Wildman–Crippen LogP) is 3.67. The number of aliphatic imine (C=N–C) groups is 1. The molecule has 9 heteroatoms. The Balaban J connectivity index is 1.29. The molecular formula is C22H26F3N5O. The Morgan fingerprint density at radius 1 is 1.10 bits per heavy atom. The largest absolute Gasteiger partial charge is 0.573 e. The number of piperidine rings is 1. The quantitative estimate of drug-likeness (QED) is 0.557. The van der Waals surface area contributed by atoms with Crippen LogP contribution in [0.1, 0.15) is 30.7 Å². The Bertz CT molecular complexity index is 898. The lowest BCUT2D eigenvalue weighted by atomic mass is 10.1. The van der Waals surface area contributed by atoms with Crippen molar-refractivity contribution in [1.29, 1.82) is 0 Å². The van der Waals surface area contributed by atoms with Gasteiger partial charge in [-0.3, -0.25) is 4.99 Å². The smallest absolute Gasteiger partial charge is 0.405 e. The predicted molar refractivity (Wildman–Crippen MR) is 113 cm³/mol. The van der Waals surface area contributed by atoms with Gasteiger partial charge in [-0.2, -0.15) is 0 Å². The maximum absolute atomic E-state index is 12.7. The molecule has 6 nitrogen and oxygen atoms in total. The number of nitrogens with zero attached hydrogens (tertiary/aromatic N) is 3. The summed E-state index contributed by atoms with van der Waals surface area (Å²) in [7, 11) is 1.70. The first-order valence-corrected chi connectivity index (χ1v) is 10.4. The van der Waals surface area contributed by atoms with E-state index < -0.39 is 6.36 Å². The molecule has 2 heterocycles. The van der Waals surface area contributed by atoms with E-state index in [2.05, 4.69) is 30.2 Å². The van der Waals surface area contributed by atoms with E-state index in [-0.39, 0.29) is 23.8 Å². The molecule has 2 aliphatic rings. The number of hydrogen-bond acceptors (Lipinski definition) is 4. The Hall–Kier alpha value is -2.97. The zero-order valence-corrected chi connectivity index (χ0v) is 17.3. The van der Waals surface area contributed by atoms with Crippen LogP contribution >= 0.6 is 0 Å². The second kappa shape index (κ2) is 9.03. The molecule has 0 bridgehead atoms. The highest BCUT2D eigenvalue weighted by Gasteiger charge is 2.42. The first-order valence-electron chi connectivity index (χ1n) is 10.4. The number of nitrogens with one attached hydrogen (secondary N) is 2. The van der Waals surface area contributed by atoms with Gasteiger partial charge in [-0.1, -0.05) is 24.3 Å². The number of benzene rings is 1. The van der Waals surface area contributed by atoms with E-state index in [1.165, 1.54) is 6.07 Å². The lowest BCUT2D eigenvalue weighted by Crippen LogP contribution is -2.49. The summed E-state index contributed by atoms with van der Waals surface area (Å²) >= 11 is 0. The molecule has 2 unspecified atom stereocenters. The maximum Gasteiger partial charge on any atom is 0.573 e. The van der Waals surface area contributed by atoms with Crippen LogP contribution in [0.2, 0.25) is 0 Å². The van der Waals surface area contributed by atoms with Crippen LogP contribution in [-0.4, -0.2) is 49.5 Å². The highest BCUT2D eigenvalue weighted by Crippen LogP contribution is 2.45. The number of guanidine groups is 1. The van der Waals surface area contributed by atoms with Gasteiger partial charge in [0, 0.05) is 44.3 Å². The van der Waals surface area contributed by atoms with Crippen LogP contribution in [0.15, 0.2) is 53.7 Å². The summed E-state index contributed by atoms with van der Waals surface area (Å²) in [5.74, 6) is 1.50. The standard InChI is InChI=1S/C22H26F3N5O/c1-26-21(28-15-9-12-30(13-10-15)20-8-4-5-11-27-20)29-18-14-17(18)16-6-2-3-7-19(16)31-22(23,24)25/h2-8,11,15,17-18H,9-10,12-14H2,1H3,(H2,26,28,29). The topological polar surface area (TPSA) is 61.8 Å². The summed E-state index contributed by atoms with van der Waals surface area (Å²) in [5, 5.41) is 6.80. The van der Waals surface area contributed by atoms with Crippen LogP contribution in [-0.2, 0) is 0 Å².